The molecule has 0 aliphatic heterocycles. The maximum atomic E-state index is 12.0. The molecule has 0 saturated carbocycles. The number of carbonyl (C=O) groups is 1. The lowest BCUT2D eigenvalue weighted by Gasteiger charge is -2.10. The first-order valence-electron chi connectivity index (χ1n) is 5.98. The van der Waals surface area contributed by atoms with Crippen molar-refractivity contribution in [2.45, 2.75) is 19.8 Å². The molecule has 0 saturated heterocycles. The summed E-state index contributed by atoms with van der Waals surface area (Å²) in [6, 6.07) is 3.30. The molecule has 2 heterocycles. The van der Waals surface area contributed by atoms with Crippen LogP contribution in [0.25, 0.3) is 0 Å². The third kappa shape index (κ3) is 3.51. The van der Waals surface area contributed by atoms with E-state index in [1.165, 1.54) is 0 Å². The molecule has 19 heavy (non-hydrogen) atoms. The van der Waals surface area contributed by atoms with Crippen molar-refractivity contribution in [1.82, 2.24) is 15.3 Å². The maximum absolute atomic E-state index is 12.0. The average molecular weight is 276 g/mol. The number of aromatic nitrogens is 2. The highest BCUT2D eigenvalue weighted by molar-refractivity contribution is 7.09. The predicted octanol–water partition coefficient (Wildman–Crippen LogP) is 1.96. The van der Waals surface area contributed by atoms with Crippen LogP contribution < -0.4 is 11.1 Å². The number of carbonyl (C=O) groups excluding carboxylic acids is 1. The number of nitrogens with two attached hydrogens (primary N) is 1. The molecular formula is C13H16N4OS. The third-order valence-electron chi connectivity index (χ3n) is 2.68. The second-order valence-corrected chi connectivity index (χ2v) is 5.33. The zero-order chi connectivity index (χ0) is 13.8. The Morgan fingerprint density at radius 2 is 2.32 bits per heavy atom. The van der Waals surface area contributed by atoms with Gasteiger partial charge in [0, 0.05) is 35.3 Å². The molecule has 0 spiro atoms. The predicted molar refractivity (Wildman–Crippen MR) is 76.2 cm³/mol. The van der Waals surface area contributed by atoms with E-state index in [0.717, 1.165) is 10.7 Å². The monoisotopic (exact) mass is 276 g/mol. The lowest BCUT2D eigenvalue weighted by molar-refractivity contribution is 0.0951. The molecule has 1 amide bonds. The molecule has 1 atom stereocenters. The van der Waals surface area contributed by atoms with Crippen LogP contribution in [0.3, 0.4) is 0 Å². The van der Waals surface area contributed by atoms with Gasteiger partial charge in [-0.05, 0) is 19.1 Å². The van der Waals surface area contributed by atoms with Crippen molar-refractivity contribution in [3.8, 4) is 0 Å². The molecule has 2 aromatic heterocycles. The molecule has 0 radical (unpaired) electrons. The summed E-state index contributed by atoms with van der Waals surface area (Å²) in [7, 11) is 0. The summed E-state index contributed by atoms with van der Waals surface area (Å²) in [4.78, 5) is 20.3. The van der Waals surface area contributed by atoms with Crippen molar-refractivity contribution in [3.05, 3.63) is 40.0 Å². The zero-order valence-electron chi connectivity index (χ0n) is 10.9. The molecule has 0 aromatic carbocycles. The Morgan fingerprint density at radius 1 is 1.53 bits per heavy atom. The van der Waals surface area contributed by atoms with E-state index in [1.807, 2.05) is 19.2 Å². The Kier molecular flexibility index (Phi) is 4.11. The molecular weight excluding hydrogens is 260 g/mol. The van der Waals surface area contributed by atoms with Crippen molar-refractivity contribution >= 4 is 23.1 Å². The second-order valence-electron chi connectivity index (χ2n) is 4.40. The lowest BCUT2D eigenvalue weighted by atomic mass is 10.1. The van der Waals surface area contributed by atoms with E-state index < -0.39 is 0 Å². The van der Waals surface area contributed by atoms with E-state index in [2.05, 4.69) is 15.3 Å². The van der Waals surface area contributed by atoms with Crippen molar-refractivity contribution < 1.29 is 4.79 Å². The van der Waals surface area contributed by atoms with Crippen LogP contribution in [-0.4, -0.2) is 22.4 Å². The molecule has 0 aliphatic carbocycles. The van der Waals surface area contributed by atoms with Gasteiger partial charge >= 0.3 is 0 Å². The first-order valence-corrected chi connectivity index (χ1v) is 6.86. The van der Waals surface area contributed by atoms with Gasteiger partial charge in [-0.2, -0.15) is 0 Å². The maximum Gasteiger partial charge on any atom is 0.251 e. The average Bonchev–Trinajstić information content (AvgIpc) is 2.88. The van der Waals surface area contributed by atoms with E-state index in [-0.39, 0.29) is 11.8 Å². The van der Waals surface area contributed by atoms with Gasteiger partial charge in [-0.3, -0.25) is 4.79 Å². The van der Waals surface area contributed by atoms with E-state index in [4.69, 9.17) is 5.73 Å². The van der Waals surface area contributed by atoms with Gasteiger partial charge in [0.2, 0.25) is 0 Å². The number of anilines is 1. The largest absolute Gasteiger partial charge is 0.384 e. The first-order chi connectivity index (χ1) is 9.06. The number of aryl methyl sites for hydroxylation is 1. The van der Waals surface area contributed by atoms with Crippen LogP contribution >= 0.6 is 11.3 Å². The van der Waals surface area contributed by atoms with Crippen molar-refractivity contribution in [3.63, 3.8) is 0 Å². The lowest BCUT2D eigenvalue weighted by Crippen LogP contribution is -2.27. The van der Waals surface area contributed by atoms with Gasteiger partial charge in [0.15, 0.2) is 0 Å². The van der Waals surface area contributed by atoms with Crippen molar-refractivity contribution in [2.24, 2.45) is 0 Å². The smallest absolute Gasteiger partial charge is 0.251 e. The Labute approximate surface area is 115 Å². The van der Waals surface area contributed by atoms with Crippen LogP contribution in [0.1, 0.15) is 33.9 Å². The van der Waals surface area contributed by atoms with E-state index in [1.54, 1.807) is 29.7 Å². The normalized spacial score (nSPS) is 12.1. The highest BCUT2D eigenvalue weighted by Crippen LogP contribution is 2.16. The third-order valence-corrected chi connectivity index (χ3v) is 3.68. The standard InChI is InChI=1S/C13H16N4OS/c1-8(13-15-3-4-19-13)7-16-12(18)10-5-9(2)17-11(14)6-10/h3-6,8H,7H2,1-2H3,(H2,14,17)(H,16,18). The Balaban J connectivity index is 1.98. The summed E-state index contributed by atoms with van der Waals surface area (Å²) >= 11 is 1.59. The van der Waals surface area contributed by atoms with Gasteiger partial charge in [-0.25, -0.2) is 9.97 Å². The minimum Gasteiger partial charge on any atom is -0.384 e. The van der Waals surface area contributed by atoms with Gasteiger partial charge in [0.25, 0.3) is 5.91 Å². The van der Waals surface area contributed by atoms with Crippen molar-refractivity contribution in [1.29, 1.82) is 0 Å². The summed E-state index contributed by atoms with van der Waals surface area (Å²) < 4.78 is 0. The van der Waals surface area contributed by atoms with Gasteiger partial charge in [-0.1, -0.05) is 6.92 Å². The molecule has 0 bridgehead atoms. The van der Waals surface area contributed by atoms with Crippen LogP contribution in [0.15, 0.2) is 23.7 Å². The molecule has 0 aliphatic rings. The molecule has 2 aromatic rings. The van der Waals surface area contributed by atoms with E-state index in [9.17, 15) is 4.79 Å². The number of hydrogen-bond donors (Lipinski definition) is 2. The number of hydrogen-bond acceptors (Lipinski definition) is 5. The fraction of sp³-hybridized carbons (Fsp3) is 0.308. The number of thiazole rings is 1. The van der Waals surface area contributed by atoms with E-state index in [0.29, 0.717) is 17.9 Å². The van der Waals surface area contributed by atoms with Crippen LogP contribution in [0, 0.1) is 6.92 Å². The van der Waals surface area contributed by atoms with Gasteiger partial charge in [0.05, 0.1) is 5.01 Å². The number of pyridine rings is 1. The van der Waals surface area contributed by atoms with Crippen LogP contribution in [-0.2, 0) is 0 Å². The van der Waals surface area contributed by atoms with Crippen LogP contribution in [0.4, 0.5) is 5.82 Å². The number of nitrogens with one attached hydrogen (secondary N) is 1. The molecule has 5 nitrogen and oxygen atoms in total. The second kappa shape index (κ2) is 5.79. The minimum atomic E-state index is -0.138. The Morgan fingerprint density at radius 3 is 2.95 bits per heavy atom. The van der Waals surface area contributed by atoms with Crippen molar-refractivity contribution in [2.75, 3.05) is 12.3 Å². The molecule has 0 fully saturated rings. The van der Waals surface area contributed by atoms with Gasteiger partial charge in [-0.15, -0.1) is 11.3 Å². The summed E-state index contributed by atoms with van der Waals surface area (Å²) in [5.74, 6) is 0.419. The highest BCUT2D eigenvalue weighted by atomic mass is 32.1. The SMILES string of the molecule is Cc1cc(C(=O)NCC(C)c2nccs2)cc(N)n1. The van der Waals surface area contributed by atoms with Crippen LogP contribution in [0.2, 0.25) is 0 Å². The summed E-state index contributed by atoms with van der Waals surface area (Å²) in [5, 5.41) is 5.84. The first kappa shape index (κ1) is 13.5. The molecule has 100 valence electrons. The Hall–Kier alpha value is -1.95. The summed E-state index contributed by atoms with van der Waals surface area (Å²) in [6.45, 7) is 4.39. The number of nitrogen functional groups attached to an aromatic ring is 1. The van der Waals surface area contributed by atoms with Gasteiger partial charge in [0.1, 0.15) is 5.82 Å². The van der Waals surface area contributed by atoms with E-state index >= 15 is 0 Å². The topological polar surface area (TPSA) is 80.9 Å². The molecule has 1 unspecified atom stereocenters. The molecule has 6 heteroatoms. The fourth-order valence-corrected chi connectivity index (χ4v) is 2.44. The summed E-state index contributed by atoms with van der Waals surface area (Å²) in [5.41, 5.74) is 6.90. The molecule has 3 N–H and O–H groups in total. The van der Waals surface area contributed by atoms with Gasteiger partial charge < -0.3 is 11.1 Å². The highest BCUT2D eigenvalue weighted by Gasteiger charge is 2.12. The van der Waals surface area contributed by atoms with Crippen LogP contribution in [0.5, 0.6) is 0 Å². The quantitative estimate of drug-likeness (QED) is 0.894. The zero-order valence-corrected chi connectivity index (χ0v) is 11.7. The number of rotatable bonds is 4. The Bertz CT molecular complexity index is 548. The number of nitrogens with zero attached hydrogens (tertiary/aromatic N) is 2. The fourth-order valence-electron chi connectivity index (χ4n) is 1.74. The number of amides is 1. The summed E-state index contributed by atoms with van der Waals surface area (Å²) in [6.07, 6.45) is 1.77. The molecule has 2 rings (SSSR count). The minimum absolute atomic E-state index is 0.138.